The van der Waals surface area contributed by atoms with Crippen molar-refractivity contribution in [2.75, 3.05) is 6.54 Å². The zero-order chi connectivity index (χ0) is 15.4. The number of H-pyrrole nitrogens is 1. The highest BCUT2D eigenvalue weighted by atomic mass is 35.5. The first kappa shape index (κ1) is 14.7. The Bertz CT molecular complexity index is 780. The largest absolute Gasteiger partial charge is 0.360 e. The highest BCUT2D eigenvalue weighted by Crippen LogP contribution is 2.22. The zero-order valence-electron chi connectivity index (χ0n) is 12.1. The smallest absolute Gasteiger partial charge is 0.253 e. The fourth-order valence-corrected chi connectivity index (χ4v) is 2.69. The number of nitrogens with one attached hydrogen (secondary N) is 2. The lowest BCUT2D eigenvalue weighted by Crippen LogP contribution is -2.24. The number of rotatable bonds is 5. The molecule has 0 bridgehead atoms. The molecule has 4 heteroatoms. The maximum atomic E-state index is 12.3. The van der Waals surface area contributed by atoms with E-state index in [1.807, 2.05) is 36.4 Å². The van der Waals surface area contributed by atoms with E-state index in [1.54, 1.807) is 6.20 Å². The number of hydrogen-bond donors (Lipinski definition) is 2. The third kappa shape index (κ3) is 3.31. The summed E-state index contributed by atoms with van der Waals surface area (Å²) in [7, 11) is 0. The van der Waals surface area contributed by atoms with E-state index in [-0.39, 0.29) is 5.91 Å². The molecule has 2 aromatic carbocycles. The second kappa shape index (κ2) is 6.67. The molecule has 0 saturated carbocycles. The molecular weight excluding hydrogens is 296 g/mol. The topological polar surface area (TPSA) is 44.9 Å². The number of halogens is 1. The molecule has 1 aromatic heterocycles. The van der Waals surface area contributed by atoms with Crippen LogP contribution < -0.4 is 5.32 Å². The molecule has 0 aliphatic carbocycles. The molecule has 1 heterocycles. The molecule has 0 spiro atoms. The number of carbonyl (C=O) groups excluding carboxylic acids is 1. The molecule has 1 amide bonds. The van der Waals surface area contributed by atoms with Gasteiger partial charge in [0.2, 0.25) is 0 Å². The number of hydrogen-bond acceptors (Lipinski definition) is 1. The van der Waals surface area contributed by atoms with Crippen LogP contribution in [0.3, 0.4) is 0 Å². The van der Waals surface area contributed by atoms with E-state index < -0.39 is 0 Å². The standard InChI is InChI=1S/C18H17ClN2O/c19-14-8-9-17-15(11-14)16(12-21-17)18(22)20-10-4-7-13-5-2-1-3-6-13/h1-3,5-6,8-9,11-12,21H,4,7,10H2,(H,20,22). The fourth-order valence-electron chi connectivity index (χ4n) is 2.52. The van der Waals surface area contributed by atoms with Gasteiger partial charge in [-0.05, 0) is 36.6 Å². The maximum Gasteiger partial charge on any atom is 0.253 e. The molecule has 0 aliphatic rings. The third-order valence-corrected chi connectivity index (χ3v) is 3.89. The summed E-state index contributed by atoms with van der Waals surface area (Å²) in [6.07, 6.45) is 3.60. The van der Waals surface area contributed by atoms with E-state index in [0.717, 1.165) is 23.7 Å². The third-order valence-electron chi connectivity index (χ3n) is 3.66. The van der Waals surface area contributed by atoms with Crippen molar-refractivity contribution in [3.8, 4) is 0 Å². The van der Waals surface area contributed by atoms with E-state index in [2.05, 4.69) is 22.4 Å². The van der Waals surface area contributed by atoms with Gasteiger partial charge in [0.15, 0.2) is 0 Å². The van der Waals surface area contributed by atoms with Crippen molar-refractivity contribution in [1.29, 1.82) is 0 Å². The van der Waals surface area contributed by atoms with Crippen LogP contribution in [0.1, 0.15) is 22.3 Å². The van der Waals surface area contributed by atoms with Crippen molar-refractivity contribution in [2.24, 2.45) is 0 Å². The van der Waals surface area contributed by atoms with Crippen LogP contribution in [0, 0.1) is 0 Å². The Hall–Kier alpha value is -2.26. The zero-order valence-corrected chi connectivity index (χ0v) is 12.9. The molecule has 0 unspecified atom stereocenters. The van der Waals surface area contributed by atoms with Gasteiger partial charge in [-0.3, -0.25) is 4.79 Å². The molecule has 3 rings (SSSR count). The first-order chi connectivity index (χ1) is 10.7. The summed E-state index contributed by atoms with van der Waals surface area (Å²) in [5.41, 5.74) is 2.84. The van der Waals surface area contributed by atoms with Crippen LogP contribution >= 0.6 is 11.6 Å². The van der Waals surface area contributed by atoms with E-state index in [0.29, 0.717) is 17.1 Å². The Morgan fingerprint density at radius 3 is 2.77 bits per heavy atom. The molecule has 0 saturated heterocycles. The second-order valence-electron chi connectivity index (χ2n) is 5.24. The summed E-state index contributed by atoms with van der Waals surface area (Å²) >= 11 is 6.00. The Morgan fingerprint density at radius 2 is 1.95 bits per heavy atom. The van der Waals surface area contributed by atoms with Crippen LogP contribution in [0.2, 0.25) is 5.02 Å². The van der Waals surface area contributed by atoms with Gasteiger partial charge in [0.1, 0.15) is 0 Å². The van der Waals surface area contributed by atoms with Gasteiger partial charge in [0.25, 0.3) is 5.91 Å². The summed E-state index contributed by atoms with van der Waals surface area (Å²) < 4.78 is 0. The van der Waals surface area contributed by atoms with Gasteiger partial charge in [-0.15, -0.1) is 0 Å². The number of aromatic amines is 1. The molecule has 112 valence electrons. The van der Waals surface area contributed by atoms with Crippen molar-refractivity contribution in [3.05, 3.63) is 70.9 Å². The van der Waals surface area contributed by atoms with Crippen LogP contribution in [0.25, 0.3) is 10.9 Å². The van der Waals surface area contributed by atoms with Crippen molar-refractivity contribution in [3.63, 3.8) is 0 Å². The van der Waals surface area contributed by atoms with Crippen LogP contribution in [0.4, 0.5) is 0 Å². The van der Waals surface area contributed by atoms with Gasteiger partial charge < -0.3 is 10.3 Å². The Balaban J connectivity index is 1.58. The molecule has 0 atom stereocenters. The number of aryl methyl sites for hydroxylation is 1. The number of fused-ring (bicyclic) bond motifs is 1. The second-order valence-corrected chi connectivity index (χ2v) is 5.67. The molecule has 0 radical (unpaired) electrons. The normalized spacial score (nSPS) is 10.8. The Kier molecular flexibility index (Phi) is 4.45. The lowest BCUT2D eigenvalue weighted by molar-refractivity contribution is 0.0955. The highest BCUT2D eigenvalue weighted by Gasteiger charge is 2.11. The first-order valence-electron chi connectivity index (χ1n) is 7.33. The molecule has 2 N–H and O–H groups in total. The van der Waals surface area contributed by atoms with E-state index in [1.165, 1.54) is 5.56 Å². The molecule has 0 fully saturated rings. The lowest BCUT2D eigenvalue weighted by atomic mass is 10.1. The lowest BCUT2D eigenvalue weighted by Gasteiger charge is -2.05. The minimum atomic E-state index is -0.0680. The highest BCUT2D eigenvalue weighted by molar-refractivity contribution is 6.31. The predicted octanol–water partition coefficient (Wildman–Crippen LogP) is 4.18. The average molecular weight is 313 g/mol. The summed E-state index contributed by atoms with van der Waals surface area (Å²) in [4.78, 5) is 15.4. The van der Waals surface area contributed by atoms with E-state index in [9.17, 15) is 4.79 Å². The number of amides is 1. The summed E-state index contributed by atoms with van der Waals surface area (Å²) in [6.45, 7) is 0.654. The Morgan fingerprint density at radius 1 is 1.14 bits per heavy atom. The van der Waals surface area contributed by atoms with Gasteiger partial charge in [-0.25, -0.2) is 0 Å². The molecule has 0 aliphatic heterocycles. The molecule has 3 aromatic rings. The van der Waals surface area contributed by atoms with E-state index in [4.69, 9.17) is 11.6 Å². The van der Waals surface area contributed by atoms with Gasteiger partial charge in [0, 0.05) is 28.7 Å². The maximum absolute atomic E-state index is 12.3. The van der Waals surface area contributed by atoms with Crippen molar-refractivity contribution < 1.29 is 4.79 Å². The van der Waals surface area contributed by atoms with Crippen LogP contribution in [0.15, 0.2) is 54.7 Å². The van der Waals surface area contributed by atoms with Crippen molar-refractivity contribution in [2.45, 2.75) is 12.8 Å². The molecule has 3 nitrogen and oxygen atoms in total. The minimum Gasteiger partial charge on any atom is -0.360 e. The van der Waals surface area contributed by atoms with Gasteiger partial charge in [0.05, 0.1) is 5.56 Å². The van der Waals surface area contributed by atoms with Crippen molar-refractivity contribution >= 4 is 28.4 Å². The number of benzene rings is 2. The SMILES string of the molecule is O=C(NCCCc1ccccc1)c1c[nH]c2ccc(Cl)cc12. The molecular formula is C18H17ClN2O. The van der Waals surface area contributed by atoms with Crippen molar-refractivity contribution in [1.82, 2.24) is 10.3 Å². The minimum absolute atomic E-state index is 0.0680. The first-order valence-corrected chi connectivity index (χ1v) is 7.70. The monoisotopic (exact) mass is 312 g/mol. The summed E-state index contributed by atoms with van der Waals surface area (Å²) in [5.74, 6) is -0.0680. The summed E-state index contributed by atoms with van der Waals surface area (Å²) in [5, 5.41) is 4.45. The van der Waals surface area contributed by atoms with Gasteiger partial charge in [-0.2, -0.15) is 0 Å². The van der Waals surface area contributed by atoms with Crippen LogP contribution in [0.5, 0.6) is 0 Å². The van der Waals surface area contributed by atoms with Gasteiger partial charge >= 0.3 is 0 Å². The summed E-state index contributed by atoms with van der Waals surface area (Å²) in [6, 6.07) is 15.8. The van der Waals surface area contributed by atoms with E-state index >= 15 is 0 Å². The Labute approximate surface area is 134 Å². The van der Waals surface area contributed by atoms with Crippen LogP contribution in [-0.2, 0) is 6.42 Å². The fraction of sp³-hybridized carbons (Fsp3) is 0.167. The number of aromatic nitrogens is 1. The quantitative estimate of drug-likeness (QED) is 0.682. The van der Waals surface area contributed by atoms with Gasteiger partial charge in [-0.1, -0.05) is 41.9 Å². The number of carbonyl (C=O) groups is 1. The predicted molar refractivity (Wildman–Crippen MR) is 90.4 cm³/mol. The average Bonchev–Trinajstić information content (AvgIpc) is 2.95. The van der Waals surface area contributed by atoms with Crippen LogP contribution in [-0.4, -0.2) is 17.4 Å². The molecule has 22 heavy (non-hydrogen) atoms.